The smallest absolute Gasteiger partial charge is 0.294 e. The first-order chi connectivity index (χ1) is 13.9. The van der Waals surface area contributed by atoms with Gasteiger partial charge in [-0.05, 0) is 56.3 Å². The highest BCUT2D eigenvalue weighted by Gasteiger charge is 2.36. The van der Waals surface area contributed by atoms with Gasteiger partial charge in [-0.2, -0.15) is 0 Å². The lowest BCUT2D eigenvalue weighted by Crippen LogP contribution is -2.36. The van der Waals surface area contributed by atoms with Gasteiger partial charge in [-0.1, -0.05) is 35.9 Å². The van der Waals surface area contributed by atoms with Crippen molar-refractivity contribution < 1.29 is 19.1 Å². The number of amides is 3. The Labute approximate surface area is 173 Å². The van der Waals surface area contributed by atoms with E-state index in [0.717, 1.165) is 27.8 Å². The topological polar surface area (TPSA) is 75.7 Å². The van der Waals surface area contributed by atoms with Crippen molar-refractivity contribution in [3.63, 3.8) is 0 Å². The molecule has 1 heterocycles. The van der Waals surface area contributed by atoms with Crippen LogP contribution in [0, 0.1) is 13.8 Å². The first-order valence-electron chi connectivity index (χ1n) is 9.23. The molecule has 3 rings (SSSR count). The molecule has 0 saturated carbocycles. The van der Waals surface area contributed by atoms with Crippen molar-refractivity contribution in [2.24, 2.45) is 0 Å². The Balaban J connectivity index is 1.73. The lowest BCUT2D eigenvalue weighted by Gasteiger charge is -2.14. The minimum absolute atomic E-state index is 0.265. The maximum Gasteiger partial charge on any atom is 0.294 e. The zero-order valence-electron chi connectivity index (χ0n) is 16.5. The van der Waals surface area contributed by atoms with Crippen molar-refractivity contribution in [2.75, 3.05) is 18.5 Å². The molecule has 0 aliphatic carbocycles. The molecule has 2 aromatic rings. The summed E-state index contributed by atoms with van der Waals surface area (Å²) in [7, 11) is 0. The number of rotatable bonds is 6. The third-order valence-corrected chi connectivity index (χ3v) is 5.24. The van der Waals surface area contributed by atoms with E-state index in [2.05, 4.69) is 5.32 Å². The predicted molar refractivity (Wildman–Crippen MR) is 115 cm³/mol. The monoisotopic (exact) mass is 410 g/mol. The van der Waals surface area contributed by atoms with Crippen LogP contribution < -0.4 is 10.1 Å². The summed E-state index contributed by atoms with van der Waals surface area (Å²) in [6, 6.07) is 12.9. The summed E-state index contributed by atoms with van der Waals surface area (Å²) in [5, 5.41) is 2.30. The Hall–Kier alpha value is -3.06. The molecule has 1 saturated heterocycles. The van der Waals surface area contributed by atoms with Gasteiger partial charge in [-0.15, -0.1) is 0 Å². The van der Waals surface area contributed by atoms with Crippen LogP contribution in [-0.2, 0) is 9.59 Å². The molecule has 3 amide bonds. The first-order valence-corrected chi connectivity index (χ1v) is 10.0. The van der Waals surface area contributed by atoms with E-state index in [1.54, 1.807) is 18.2 Å². The largest absolute Gasteiger partial charge is 0.493 e. The van der Waals surface area contributed by atoms with Crippen molar-refractivity contribution in [2.45, 2.75) is 20.8 Å². The Morgan fingerprint density at radius 1 is 1.17 bits per heavy atom. The summed E-state index contributed by atoms with van der Waals surface area (Å²) in [6.07, 6.45) is 1.62. The first kappa shape index (κ1) is 20.7. The number of carbonyl (C=O) groups is 3. The van der Waals surface area contributed by atoms with Crippen LogP contribution in [0.25, 0.3) is 6.08 Å². The molecular weight excluding hydrogens is 388 g/mol. The van der Waals surface area contributed by atoms with Crippen LogP contribution in [0.5, 0.6) is 5.75 Å². The van der Waals surface area contributed by atoms with E-state index >= 15 is 0 Å². The fourth-order valence-electron chi connectivity index (χ4n) is 2.95. The van der Waals surface area contributed by atoms with Crippen LogP contribution in [0.15, 0.2) is 47.4 Å². The van der Waals surface area contributed by atoms with E-state index in [0.29, 0.717) is 23.6 Å². The number of ether oxygens (including phenoxy) is 1. The molecule has 0 unspecified atom stereocenters. The predicted octanol–water partition coefficient (Wildman–Crippen LogP) is 4.38. The highest BCUT2D eigenvalue weighted by molar-refractivity contribution is 8.18. The third kappa shape index (κ3) is 4.86. The van der Waals surface area contributed by atoms with Gasteiger partial charge in [0.25, 0.3) is 11.1 Å². The highest BCUT2D eigenvalue weighted by Crippen LogP contribution is 2.34. The number of para-hydroxylation sites is 1. The SMILES string of the molecule is CCOc1ccccc1/C=C1/SC(=O)N(CC(=O)Nc2ccc(C)cc2C)C1=O. The van der Waals surface area contributed by atoms with E-state index in [1.807, 2.05) is 51.1 Å². The number of imide groups is 1. The van der Waals surface area contributed by atoms with Crippen LogP contribution >= 0.6 is 11.8 Å². The van der Waals surface area contributed by atoms with Crippen molar-refractivity contribution in [3.05, 3.63) is 64.1 Å². The minimum atomic E-state index is -0.484. The quantitative estimate of drug-likeness (QED) is 0.716. The molecule has 29 heavy (non-hydrogen) atoms. The molecule has 0 spiro atoms. The number of nitrogens with one attached hydrogen (secondary N) is 1. The number of carbonyl (C=O) groups excluding carboxylic acids is 3. The number of benzene rings is 2. The van der Waals surface area contributed by atoms with Crippen LogP contribution in [0.3, 0.4) is 0 Å². The standard InChI is InChI=1S/C22H22N2O4S/c1-4-28-18-8-6-5-7-16(18)12-19-21(26)24(22(27)29-19)13-20(25)23-17-10-9-14(2)11-15(17)3/h5-12H,4,13H2,1-3H3,(H,23,25)/b19-12+. The summed E-state index contributed by atoms with van der Waals surface area (Å²) in [5.74, 6) is -0.272. The molecule has 1 aliphatic heterocycles. The highest BCUT2D eigenvalue weighted by atomic mass is 32.2. The average Bonchev–Trinajstić information content (AvgIpc) is 2.93. The summed E-state index contributed by atoms with van der Waals surface area (Å²) in [5.41, 5.74) is 3.37. The second kappa shape index (κ2) is 8.96. The second-order valence-electron chi connectivity index (χ2n) is 6.61. The average molecular weight is 410 g/mol. The van der Waals surface area contributed by atoms with Crippen LogP contribution in [0.4, 0.5) is 10.5 Å². The van der Waals surface area contributed by atoms with Crippen molar-refractivity contribution >= 4 is 40.6 Å². The fourth-order valence-corrected chi connectivity index (χ4v) is 3.78. The molecule has 0 atom stereocenters. The van der Waals surface area contributed by atoms with E-state index in [9.17, 15) is 14.4 Å². The summed E-state index contributed by atoms with van der Waals surface area (Å²) in [4.78, 5) is 38.6. The van der Waals surface area contributed by atoms with Gasteiger partial charge < -0.3 is 10.1 Å². The van der Waals surface area contributed by atoms with E-state index < -0.39 is 17.1 Å². The van der Waals surface area contributed by atoms with Crippen LogP contribution in [-0.4, -0.2) is 35.1 Å². The Bertz CT molecular complexity index is 1000. The van der Waals surface area contributed by atoms with Gasteiger partial charge in [0.2, 0.25) is 5.91 Å². The van der Waals surface area contributed by atoms with Crippen molar-refractivity contribution in [1.82, 2.24) is 4.90 Å². The second-order valence-corrected chi connectivity index (χ2v) is 7.60. The van der Waals surface area contributed by atoms with Crippen LogP contribution in [0.2, 0.25) is 0 Å². The summed E-state index contributed by atoms with van der Waals surface area (Å²) < 4.78 is 5.56. The Morgan fingerprint density at radius 3 is 2.66 bits per heavy atom. The summed E-state index contributed by atoms with van der Waals surface area (Å²) in [6.45, 7) is 5.89. The van der Waals surface area contributed by atoms with Gasteiger partial charge in [-0.25, -0.2) is 0 Å². The normalized spacial score (nSPS) is 15.1. The van der Waals surface area contributed by atoms with Gasteiger partial charge in [0.1, 0.15) is 12.3 Å². The molecule has 1 fully saturated rings. The number of hydrogen-bond donors (Lipinski definition) is 1. The molecule has 1 N–H and O–H groups in total. The third-order valence-electron chi connectivity index (χ3n) is 4.34. The molecule has 150 valence electrons. The molecule has 1 aliphatic rings. The van der Waals surface area contributed by atoms with Crippen molar-refractivity contribution in [3.8, 4) is 5.75 Å². The molecule has 0 radical (unpaired) electrons. The lowest BCUT2D eigenvalue weighted by atomic mass is 10.1. The molecular formula is C22H22N2O4S. The number of nitrogens with zero attached hydrogens (tertiary/aromatic N) is 1. The van der Waals surface area contributed by atoms with Gasteiger partial charge in [0.15, 0.2) is 0 Å². The molecule has 6 nitrogen and oxygen atoms in total. The Kier molecular flexibility index (Phi) is 6.39. The lowest BCUT2D eigenvalue weighted by molar-refractivity contribution is -0.127. The van der Waals surface area contributed by atoms with E-state index in [1.165, 1.54) is 0 Å². The molecule has 0 bridgehead atoms. The van der Waals surface area contributed by atoms with E-state index in [-0.39, 0.29) is 11.4 Å². The van der Waals surface area contributed by atoms with Gasteiger partial charge in [-0.3, -0.25) is 19.3 Å². The minimum Gasteiger partial charge on any atom is -0.493 e. The maximum absolute atomic E-state index is 12.7. The fraction of sp³-hybridized carbons (Fsp3) is 0.227. The number of anilines is 1. The zero-order chi connectivity index (χ0) is 21.0. The van der Waals surface area contributed by atoms with Gasteiger partial charge >= 0.3 is 0 Å². The van der Waals surface area contributed by atoms with Crippen molar-refractivity contribution in [1.29, 1.82) is 0 Å². The van der Waals surface area contributed by atoms with Crippen LogP contribution in [0.1, 0.15) is 23.6 Å². The van der Waals surface area contributed by atoms with E-state index in [4.69, 9.17) is 4.74 Å². The number of hydrogen-bond acceptors (Lipinski definition) is 5. The molecule has 7 heteroatoms. The van der Waals surface area contributed by atoms with Gasteiger partial charge in [0, 0.05) is 11.3 Å². The zero-order valence-corrected chi connectivity index (χ0v) is 17.3. The van der Waals surface area contributed by atoms with Gasteiger partial charge in [0.05, 0.1) is 11.5 Å². The number of thioether (sulfide) groups is 1. The molecule has 0 aromatic heterocycles. The Morgan fingerprint density at radius 2 is 1.93 bits per heavy atom. The number of aryl methyl sites for hydroxylation is 2. The maximum atomic E-state index is 12.7. The summed E-state index contributed by atoms with van der Waals surface area (Å²) >= 11 is 0.820. The molecule has 2 aromatic carbocycles.